The molecule has 17 heteroatoms. The molecule has 3 aliphatic heterocycles. The molecule has 16 atom stereocenters. The van der Waals surface area contributed by atoms with Crippen molar-refractivity contribution < 1.29 is 80.5 Å². The quantitative estimate of drug-likeness (QED) is 0.0338. The summed E-state index contributed by atoms with van der Waals surface area (Å²) in [6, 6.07) is 89.7. The van der Waals surface area contributed by atoms with Crippen molar-refractivity contribution in [1.29, 1.82) is 0 Å². The van der Waals surface area contributed by atoms with Crippen LogP contribution in [-0.2, 0) is 140 Å². The summed E-state index contributed by atoms with van der Waals surface area (Å²) in [5.41, 5.74) is 8.43. The van der Waals surface area contributed by atoms with Crippen LogP contribution in [0.25, 0.3) is 0 Å². The molecule has 101 heavy (non-hydrogen) atoms. The van der Waals surface area contributed by atoms with Gasteiger partial charge in [-0.2, -0.15) is 0 Å². The number of benzene rings is 9. The molecule has 0 saturated carbocycles. The minimum atomic E-state index is -1.36. The monoisotopic (exact) mass is 1370 g/mol. The first-order chi connectivity index (χ1) is 50.0. The van der Waals surface area contributed by atoms with Crippen molar-refractivity contribution >= 4 is 0 Å². The van der Waals surface area contributed by atoms with Crippen LogP contribution in [0.1, 0.15) is 50.1 Å². The van der Waals surface area contributed by atoms with E-state index in [1.54, 1.807) is 21.3 Å². The van der Waals surface area contributed by atoms with Crippen LogP contribution in [0.5, 0.6) is 0 Å². The molecule has 0 N–H and O–H groups in total. The highest BCUT2D eigenvalue weighted by molar-refractivity contribution is 5.21. The molecule has 0 amide bonds. The normalized spacial score (nSPS) is 25.5. The van der Waals surface area contributed by atoms with Crippen molar-refractivity contribution in [3.8, 4) is 0 Å². The van der Waals surface area contributed by atoms with Gasteiger partial charge in [-0.15, -0.1) is 0 Å². The molecule has 3 fully saturated rings. The Bertz CT molecular complexity index is 3530. The molecule has 3 aliphatic rings. The van der Waals surface area contributed by atoms with Gasteiger partial charge in [0.05, 0.1) is 72.7 Å². The SMILES string of the molecule is COC1O[C@H](C(OC[C@H]2OC(OC)[C@H](OCc3ccccc3)[C@@H](OCc3ccccc3)[C@H]2OCc2ccccc2)OC[C@H]2OC(OC)[C@@H](OCc3ccccc3)[C@@H](OCc3ccccc3)[C@@H]2OCc2ccccc2)[C@@H](OCc2ccccc2)[C@H](OCc2ccccc2)[C@@H]1OCc1ccccc1. The van der Waals surface area contributed by atoms with E-state index in [-0.39, 0.29) is 72.7 Å². The van der Waals surface area contributed by atoms with E-state index in [1.165, 1.54) is 0 Å². The van der Waals surface area contributed by atoms with Crippen LogP contribution in [0.3, 0.4) is 0 Å². The number of ether oxygens (including phenoxy) is 17. The summed E-state index contributed by atoms with van der Waals surface area (Å²) in [6.45, 7) is 1.42. The Morgan fingerprint density at radius 1 is 0.228 bits per heavy atom. The molecule has 4 unspecified atom stereocenters. The van der Waals surface area contributed by atoms with Crippen LogP contribution in [-0.4, -0.2) is 133 Å². The molecule has 17 nitrogen and oxygen atoms in total. The van der Waals surface area contributed by atoms with Crippen LogP contribution in [0.4, 0.5) is 0 Å². The molecule has 530 valence electrons. The average Bonchev–Trinajstić information content (AvgIpc) is 0.793. The standard InChI is InChI=1S/C84H92O17/c1-85-81-77(94-55-66-43-25-10-26-44-66)73(90-51-62-35-17-6-18-36-62)71(88-49-60-31-13-4-14-32-60)69(99-81)58-97-84(80-76(93-54-65-41-23-9-24-42-65)75(92-53-64-39-21-8-22-40-64)79(83(87-3)101-80)96-57-68-47-29-12-30-48-68)98-59-70-72(89-50-61-33-15-5-16-34-61)74(91-52-63-37-19-7-20-38-63)78(82(86-2)100-70)95-56-67-45-27-11-28-46-67/h4-48,69-84H,49-59H2,1-3H3/t69-,70-,71-,72+,73+,74+,75+,76+,77+,78-,79+,80+,81?,82?,83?,84?/m1/s1. The lowest BCUT2D eigenvalue weighted by atomic mass is 9.96. The van der Waals surface area contributed by atoms with Crippen LogP contribution in [0, 0.1) is 0 Å². The second-order valence-electron chi connectivity index (χ2n) is 25.1. The number of methoxy groups -OCH3 is 3. The maximum atomic E-state index is 7.45. The fourth-order valence-corrected chi connectivity index (χ4v) is 12.9. The van der Waals surface area contributed by atoms with Crippen molar-refractivity contribution in [3.63, 3.8) is 0 Å². The smallest absolute Gasteiger partial charge is 0.186 e. The lowest BCUT2D eigenvalue weighted by Gasteiger charge is -2.49. The molecule has 0 aromatic heterocycles. The fourth-order valence-electron chi connectivity index (χ4n) is 12.9. The van der Waals surface area contributed by atoms with E-state index in [0.29, 0.717) is 0 Å². The zero-order valence-corrected chi connectivity index (χ0v) is 57.4. The Balaban J connectivity index is 0.947. The van der Waals surface area contributed by atoms with Crippen molar-refractivity contribution in [2.75, 3.05) is 34.5 Å². The molecule has 0 spiro atoms. The maximum absolute atomic E-state index is 7.45. The summed E-state index contributed by atoms with van der Waals surface area (Å²) < 4.78 is 119. The number of rotatable bonds is 37. The molecule has 0 radical (unpaired) electrons. The fraction of sp³-hybridized carbons (Fsp3) is 0.357. The molecule has 9 aromatic rings. The van der Waals surface area contributed by atoms with Crippen LogP contribution < -0.4 is 0 Å². The maximum Gasteiger partial charge on any atom is 0.186 e. The third kappa shape index (κ3) is 21.0. The van der Waals surface area contributed by atoms with Gasteiger partial charge in [-0.05, 0) is 50.1 Å². The second-order valence-corrected chi connectivity index (χ2v) is 25.1. The zero-order chi connectivity index (χ0) is 69.1. The van der Waals surface area contributed by atoms with E-state index in [2.05, 4.69) is 0 Å². The van der Waals surface area contributed by atoms with Crippen LogP contribution >= 0.6 is 0 Å². The van der Waals surface area contributed by atoms with Crippen molar-refractivity contribution in [3.05, 3.63) is 323 Å². The molecule has 0 aliphatic carbocycles. The summed E-state index contributed by atoms with van der Waals surface area (Å²) in [4.78, 5) is 0. The van der Waals surface area contributed by atoms with Gasteiger partial charge in [0.1, 0.15) is 73.2 Å². The van der Waals surface area contributed by atoms with Gasteiger partial charge < -0.3 is 80.5 Å². The Morgan fingerprint density at radius 2 is 0.416 bits per heavy atom. The summed E-state index contributed by atoms with van der Waals surface area (Å²) >= 11 is 0. The first kappa shape index (κ1) is 73.1. The topological polar surface area (TPSA) is 157 Å². The predicted octanol–water partition coefficient (Wildman–Crippen LogP) is 13.7. The van der Waals surface area contributed by atoms with Gasteiger partial charge in [-0.1, -0.05) is 273 Å². The number of hydrogen-bond acceptors (Lipinski definition) is 17. The Morgan fingerprint density at radius 3 is 0.644 bits per heavy atom. The largest absolute Gasteiger partial charge is 0.368 e. The second kappa shape index (κ2) is 39.1. The van der Waals surface area contributed by atoms with E-state index in [4.69, 9.17) is 80.5 Å². The molecule has 3 heterocycles. The van der Waals surface area contributed by atoms with Gasteiger partial charge in [0, 0.05) is 21.3 Å². The minimum absolute atomic E-state index is 0.134. The van der Waals surface area contributed by atoms with Crippen LogP contribution in [0.2, 0.25) is 0 Å². The Labute approximate surface area is 593 Å². The minimum Gasteiger partial charge on any atom is -0.368 e. The molecular formula is C84H92O17. The summed E-state index contributed by atoms with van der Waals surface area (Å²) in [7, 11) is 4.77. The van der Waals surface area contributed by atoms with Crippen molar-refractivity contribution in [1.82, 2.24) is 0 Å². The molecule has 0 bridgehead atoms. The van der Waals surface area contributed by atoms with Gasteiger partial charge in [0.2, 0.25) is 0 Å². The Kier molecular flexibility index (Phi) is 28.3. The van der Waals surface area contributed by atoms with E-state index in [9.17, 15) is 0 Å². The third-order valence-electron chi connectivity index (χ3n) is 18.1. The highest BCUT2D eigenvalue weighted by Gasteiger charge is 2.55. The van der Waals surface area contributed by atoms with Gasteiger partial charge in [-0.25, -0.2) is 0 Å². The lowest BCUT2D eigenvalue weighted by molar-refractivity contribution is -0.369. The van der Waals surface area contributed by atoms with E-state index < -0.39 is 98.4 Å². The van der Waals surface area contributed by atoms with Crippen LogP contribution in [0.15, 0.2) is 273 Å². The average molecular weight is 1370 g/mol. The third-order valence-corrected chi connectivity index (χ3v) is 18.1. The highest BCUT2D eigenvalue weighted by Crippen LogP contribution is 2.38. The van der Waals surface area contributed by atoms with E-state index in [1.807, 2.05) is 273 Å². The van der Waals surface area contributed by atoms with Gasteiger partial charge in [0.15, 0.2) is 25.2 Å². The molecular weight excluding hydrogens is 1280 g/mol. The van der Waals surface area contributed by atoms with E-state index in [0.717, 1.165) is 50.1 Å². The molecule has 9 aromatic carbocycles. The highest BCUT2D eigenvalue weighted by atomic mass is 16.8. The molecule has 12 rings (SSSR count). The van der Waals surface area contributed by atoms with Gasteiger partial charge in [0.25, 0.3) is 0 Å². The van der Waals surface area contributed by atoms with Crippen molar-refractivity contribution in [2.24, 2.45) is 0 Å². The number of hydrogen-bond donors (Lipinski definition) is 0. The Hall–Kier alpha value is -7.70. The summed E-state index contributed by atoms with van der Waals surface area (Å²) in [5.74, 6) is 0. The summed E-state index contributed by atoms with van der Waals surface area (Å²) in [6.07, 6.45) is -15.1. The first-order valence-electron chi connectivity index (χ1n) is 34.6. The first-order valence-corrected chi connectivity index (χ1v) is 34.6. The van der Waals surface area contributed by atoms with Crippen molar-refractivity contribution in [2.45, 2.75) is 158 Å². The van der Waals surface area contributed by atoms with Gasteiger partial charge in [-0.3, -0.25) is 0 Å². The van der Waals surface area contributed by atoms with Gasteiger partial charge >= 0.3 is 0 Å². The lowest BCUT2D eigenvalue weighted by Crippen LogP contribution is -2.65. The van der Waals surface area contributed by atoms with E-state index >= 15 is 0 Å². The predicted molar refractivity (Wildman–Crippen MR) is 378 cm³/mol. The summed E-state index contributed by atoms with van der Waals surface area (Å²) in [5, 5.41) is 0. The molecule has 3 saturated heterocycles. The zero-order valence-electron chi connectivity index (χ0n) is 57.4.